The molecule has 0 saturated heterocycles. The van der Waals surface area contributed by atoms with Crippen molar-refractivity contribution < 1.29 is 9.53 Å². The molecule has 0 aliphatic rings. The number of nitrogens with one attached hydrogen (secondary N) is 1. The summed E-state index contributed by atoms with van der Waals surface area (Å²) in [6, 6.07) is 7.41. The molecule has 0 saturated carbocycles. The second-order valence-corrected chi connectivity index (χ2v) is 5.86. The van der Waals surface area contributed by atoms with Crippen LogP contribution in [0.4, 0.5) is 0 Å². The minimum absolute atomic E-state index is 0.00427. The smallest absolute Gasteiger partial charge is 0.230 e. The molecule has 0 bridgehead atoms. The fourth-order valence-corrected chi connectivity index (χ4v) is 2.66. The van der Waals surface area contributed by atoms with Gasteiger partial charge in [-0.15, -0.1) is 5.10 Å². The number of methoxy groups -OCH3 is 1. The summed E-state index contributed by atoms with van der Waals surface area (Å²) in [5, 5.41) is 15.1. The first-order valence-electron chi connectivity index (χ1n) is 7.57. The van der Waals surface area contributed by atoms with Crippen LogP contribution < -0.4 is 10.1 Å². The van der Waals surface area contributed by atoms with E-state index in [0.717, 1.165) is 37.2 Å². The molecule has 0 unspecified atom stereocenters. The van der Waals surface area contributed by atoms with Crippen LogP contribution in [0.1, 0.15) is 26.2 Å². The quantitative estimate of drug-likeness (QED) is 0.558. The second-order valence-electron chi connectivity index (χ2n) is 4.92. The van der Waals surface area contributed by atoms with Crippen LogP contribution >= 0.6 is 11.8 Å². The van der Waals surface area contributed by atoms with Crippen molar-refractivity contribution in [3.8, 4) is 11.4 Å². The zero-order chi connectivity index (χ0) is 16.5. The molecule has 2 rings (SSSR count). The number of amides is 1. The van der Waals surface area contributed by atoms with Gasteiger partial charge in [0, 0.05) is 6.54 Å². The molecule has 124 valence electrons. The first-order chi connectivity index (χ1) is 11.2. The molecule has 0 aliphatic heterocycles. The molecule has 7 nitrogen and oxygen atoms in total. The van der Waals surface area contributed by atoms with Crippen molar-refractivity contribution in [2.45, 2.75) is 31.3 Å². The highest BCUT2D eigenvalue weighted by molar-refractivity contribution is 7.99. The third-order valence-corrected chi connectivity index (χ3v) is 4.11. The van der Waals surface area contributed by atoms with Gasteiger partial charge in [-0.2, -0.15) is 4.68 Å². The van der Waals surface area contributed by atoms with Gasteiger partial charge < -0.3 is 10.1 Å². The minimum atomic E-state index is -0.00427. The standard InChI is InChI=1S/C15H21N5O2S/c1-3-4-5-10-16-14(21)11-23-15-17-18-19-20(15)12-6-8-13(22-2)9-7-12/h6-9H,3-5,10-11H2,1-2H3,(H,16,21). The molecule has 0 atom stereocenters. The topological polar surface area (TPSA) is 81.9 Å². The Bertz CT molecular complexity index is 615. The third kappa shape index (κ3) is 5.24. The molecule has 2 aromatic rings. The van der Waals surface area contributed by atoms with Gasteiger partial charge in [-0.1, -0.05) is 31.5 Å². The largest absolute Gasteiger partial charge is 0.497 e. The average molecular weight is 335 g/mol. The van der Waals surface area contributed by atoms with Crippen molar-refractivity contribution in [1.29, 1.82) is 0 Å². The highest BCUT2D eigenvalue weighted by atomic mass is 32.2. The van der Waals surface area contributed by atoms with Gasteiger partial charge in [0.2, 0.25) is 11.1 Å². The number of thioether (sulfide) groups is 1. The maximum atomic E-state index is 11.8. The van der Waals surface area contributed by atoms with Crippen LogP contribution in [0.2, 0.25) is 0 Å². The number of carbonyl (C=O) groups is 1. The Morgan fingerprint density at radius 2 is 2.09 bits per heavy atom. The van der Waals surface area contributed by atoms with Crippen LogP contribution in [-0.4, -0.2) is 45.5 Å². The van der Waals surface area contributed by atoms with Crippen LogP contribution in [0.5, 0.6) is 5.75 Å². The number of aromatic nitrogens is 4. The van der Waals surface area contributed by atoms with E-state index in [-0.39, 0.29) is 5.91 Å². The van der Waals surface area contributed by atoms with Crippen LogP contribution in [0.15, 0.2) is 29.4 Å². The summed E-state index contributed by atoms with van der Waals surface area (Å²) in [7, 11) is 1.62. The Morgan fingerprint density at radius 3 is 2.78 bits per heavy atom. The van der Waals surface area contributed by atoms with Crippen LogP contribution in [-0.2, 0) is 4.79 Å². The van der Waals surface area contributed by atoms with Gasteiger partial charge in [-0.25, -0.2) is 0 Å². The van der Waals surface area contributed by atoms with Gasteiger partial charge in [0.25, 0.3) is 0 Å². The summed E-state index contributed by atoms with van der Waals surface area (Å²) in [6.45, 7) is 2.85. The summed E-state index contributed by atoms with van der Waals surface area (Å²) in [6.07, 6.45) is 3.28. The monoisotopic (exact) mass is 335 g/mol. The Balaban J connectivity index is 1.89. The van der Waals surface area contributed by atoms with E-state index in [9.17, 15) is 4.79 Å². The lowest BCUT2D eigenvalue weighted by atomic mass is 10.2. The Hall–Kier alpha value is -2.09. The van der Waals surface area contributed by atoms with E-state index in [4.69, 9.17) is 4.74 Å². The lowest BCUT2D eigenvalue weighted by Crippen LogP contribution is -2.26. The summed E-state index contributed by atoms with van der Waals surface area (Å²) in [5.74, 6) is 1.06. The van der Waals surface area contributed by atoms with Crippen LogP contribution in [0.3, 0.4) is 0 Å². The number of tetrazole rings is 1. The second kappa shape index (κ2) is 9.14. The van der Waals surface area contributed by atoms with Crippen molar-refractivity contribution in [2.75, 3.05) is 19.4 Å². The number of unbranched alkanes of at least 4 members (excludes halogenated alkanes) is 2. The molecule has 0 radical (unpaired) electrons. The SMILES string of the molecule is CCCCCNC(=O)CSc1nnnn1-c1ccc(OC)cc1. The maximum Gasteiger partial charge on any atom is 0.230 e. The zero-order valence-electron chi connectivity index (χ0n) is 13.4. The molecular formula is C15H21N5O2S. The number of rotatable bonds is 9. The van der Waals surface area contributed by atoms with E-state index in [1.54, 1.807) is 11.8 Å². The van der Waals surface area contributed by atoms with E-state index in [1.807, 2.05) is 24.3 Å². The third-order valence-electron chi connectivity index (χ3n) is 3.19. The molecule has 23 heavy (non-hydrogen) atoms. The molecule has 1 aromatic carbocycles. The molecular weight excluding hydrogens is 314 g/mol. The minimum Gasteiger partial charge on any atom is -0.497 e. The number of carbonyl (C=O) groups excluding carboxylic acids is 1. The number of hydrogen-bond acceptors (Lipinski definition) is 6. The predicted octanol–water partition coefficient (Wildman–Crippen LogP) is 2.07. The summed E-state index contributed by atoms with van der Waals surface area (Å²) < 4.78 is 6.74. The highest BCUT2D eigenvalue weighted by Crippen LogP contribution is 2.20. The lowest BCUT2D eigenvalue weighted by Gasteiger charge is -2.06. The summed E-state index contributed by atoms with van der Waals surface area (Å²) >= 11 is 1.31. The first kappa shape index (κ1) is 17.3. The molecule has 0 fully saturated rings. The van der Waals surface area contributed by atoms with Gasteiger partial charge in [-0.05, 0) is 41.1 Å². The van der Waals surface area contributed by atoms with Crippen LogP contribution in [0, 0.1) is 0 Å². The fraction of sp³-hybridized carbons (Fsp3) is 0.467. The van der Waals surface area contributed by atoms with E-state index >= 15 is 0 Å². The zero-order valence-corrected chi connectivity index (χ0v) is 14.2. The van der Waals surface area contributed by atoms with Gasteiger partial charge in [0.05, 0.1) is 18.6 Å². The predicted molar refractivity (Wildman–Crippen MR) is 89.0 cm³/mol. The summed E-state index contributed by atoms with van der Waals surface area (Å²) in [5.41, 5.74) is 0.821. The van der Waals surface area contributed by atoms with E-state index in [0.29, 0.717) is 10.9 Å². The van der Waals surface area contributed by atoms with Crippen molar-refractivity contribution in [3.63, 3.8) is 0 Å². The maximum absolute atomic E-state index is 11.8. The molecule has 0 aliphatic carbocycles. The summed E-state index contributed by atoms with van der Waals surface area (Å²) in [4.78, 5) is 11.8. The van der Waals surface area contributed by atoms with Crippen molar-refractivity contribution >= 4 is 17.7 Å². The molecule has 0 spiro atoms. The van der Waals surface area contributed by atoms with Crippen LogP contribution in [0.25, 0.3) is 5.69 Å². The van der Waals surface area contributed by atoms with E-state index in [1.165, 1.54) is 11.8 Å². The number of ether oxygens (including phenoxy) is 1. The fourth-order valence-electron chi connectivity index (χ4n) is 1.94. The molecule has 1 aromatic heterocycles. The van der Waals surface area contributed by atoms with Crippen molar-refractivity contribution in [2.24, 2.45) is 0 Å². The first-order valence-corrected chi connectivity index (χ1v) is 8.55. The number of hydrogen-bond donors (Lipinski definition) is 1. The Morgan fingerprint density at radius 1 is 1.30 bits per heavy atom. The normalized spacial score (nSPS) is 10.5. The van der Waals surface area contributed by atoms with Gasteiger partial charge >= 0.3 is 0 Å². The van der Waals surface area contributed by atoms with E-state index in [2.05, 4.69) is 27.8 Å². The van der Waals surface area contributed by atoms with Gasteiger partial charge in [-0.3, -0.25) is 4.79 Å². The number of nitrogens with zero attached hydrogens (tertiary/aromatic N) is 4. The van der Waals surface area contributed by atoms with Gasteiger partial charge in [0.15, 0.2) is 0 Å². The number of benzene rings is 1. The van der Waals surface area contributed by atoms with Crippen molar-refractivity contribution in [3.05, 3.63) is 24.3 Å². The Labute approximate surface area is 139 Å². The molecule has 1 heterocycles. The van der Waals surface area contributed by atoms with Gasteiger partial charge in [0.1, 0.15) is 5.75 Å². The molecule has 1 amide bonds. The highest BCUT2D eigenvalue weighted by Gasteiger charge is 2.11. The molecule has 1 N–H and O–H groups in total. The molecule has 8 heteroatoms. The lowest BCUT2D eigenvalue weighted by molar-refractivity contribution is -0.118. The van der Waals surface area contributed by atoms with Crippen molar-refractivity contribution in [1.82, 2.24) is 25.5 Å². The van der Waals surface area contributed by atoms with E-state index < -0.39 is 0 Å². The Kier molecular flexibility index (Phi) is 6.86. The average Bonchev–Trinajstić information content (AvgIpc) is 3.05.